The number of amides is 1. The molecule has 2 saturated carbocycles. The lowest BCUT2D eigenvalue weighted by atomic mass is 10.0. The van der Waals surface area contributed by atoms with Crippen molar-refractivity contribution in [2.45, 2.75) is 43.7 Å². The quantitative estimate of drug-likeness (QED) is 0.660. The summed E-state index contributed by atoms with van der Waals surface area (Å²) in [6.45, 7) is 1.01. The zero-order chi connectivity index (χ0) is 8.89. The fourth-order valence-electron chi connectivity index (χ4n) is 2.25. The van der Waals surface area contributed by atoms with Gasteiger partial charge in [0, 0.05) is 5.54 Å². The monoisotopic (exact) mass is 180 g/mol. The molecule has 3 rings (SSSR count). The van der Waals surface area contributed by atoms with Gasteiger partial charge in [-0.2, -0.15) is 0 Å². The van der Waals surface area contributed by atoms with Crippen LogP contribution in [0.1, 0.15) is 32.1 Å². The number of nitrogens with one attached hydrogen (secondary N) is 2. The fourth-order valence-corrected chi connectivity index (χ4v) is 2.25. The maximum Gasteiger partial charge on any atom is 0.237 e. The molecule has 0 bridgehead atoms. The molecule has 2 N–H and O–H groups in total. The Morgan fingerprint density at radius 3 is 2.38 bits per heavy atom. The highest BCUT2D eigenvalue weighted by Gasteiger charge is 2.55. The zero-order valence-corrected chi connectivity index (χ0v) is 7.81. The average molecular weight is 180 g/mol. The van der Waals surface area contributed by atoms with Crippen LogP contribution in [0.5, 0.6) is 0 Å². The molecular formula is C10H16N2O. The summed E-state index contributed by atoms with van der Waals surface area (Å²) in [6.07, 6.45) is 6.12. The van der Waals surface area contributed by atoms with Crippen LogP contribution in [0.3, 0.4) is 0 Å². The van der Waals surface area contributed by atoms with Gasteiger partial charge in [-0.05, 0) is 44.6 Å². The summed E-state index contributed by atoms with van der Waals surface area (Å²) in [7, 11) is 0. The highest BCUT2D eigenvalue weighted by atomic mass is 16.2. The van der Waals surface area contributed by atoms with E-state index in [-0.39, 0.29) is 17.5 Å². The van der Waals surface area contributed by atoms with Gasteiger partial charge in [-0.1, -0.05) is 0 Å². The van der Waals surface area contributed by atoms with Crippen molar-refractivity contribution in [3.05, 3.63) is 0 Å². The summed E-state index contributed by atoms with van der Waals surface area (Å²) in [5.74, 6) is 1.06. The van der Waals surface area contributed by atoms with E-state index in [4.69, 9.17) is 0 Å². The van der Waals surface area contributed by atoms with Gasteiger partial charge in [0.1, 0.15) is 0 Å². The SMILES string of the molecule is O=C(NC1(C2CC2)CC1)[C@H]1CCN1. The molecule has 1 saturated heterocycles. The molecule has 2 aliphatic carbocycles. The normalized spacial score (nSPS) is 34.9. The van der Waals surface area contributed by atoms with Crippen molar-refractivity contribution in [1.29, 1.82) is 0 Å². The maximum atomic E-state index is 11.6. The Morgan fingerprint density at radius 1 is 1.31 bits per heavy atom. The Morgan fingerprint density at radius 2 is 2.00 bits per heavy atom. The van der Waals surface area contributed by atoms with Gasteiger partial charge in [0.15, 0.2) is 0 Å². The molecule has 3 nitrogen and oxygen atoms in total. The highest BCUT2D eigenvalue weighted by molar-refractivity contribution is 5.83. The minimum Gasteiger partial charge on any atom is -0.349 e. The van der Waals surface area contributed by atoms with Crippen LogP contribution in [-0.2, 0) is 4.79 Å². The Labute approximate surface area is 78.3 Å². The summed E-state index contributed by atoms with van der Waals surface area (Å²) >= 11 is 0. The van der Waals surface area contributed by atoms with Crippen LogP contribution >= 0.6 is 0 Å². The number of carbonyl (C=O) groups is 1. The van der Waals surface area contributed by atoms with E-state index < -0.39 is 0 Å². The first kappa shape index (κ1) is 7.80. The van der Waals surface area contributed by atoms with Crippen molar-refractivity contribution in [3.8, 4) is 0 Å². The maximum absolute atomic E-state index is 11.6. The first-order valence-electron chi connectivity index (χ1n) is 5.36. The first-order valence-corrected chi connectivity index (χ1v) is 5.36. The first-order chi connectivity index (χ1) is 6.30. The Balaban J connectivity index is 1.58. The molecule has 1 heterocycles. The standard InChI is InChI=1S/C10H16N2O/c13-9(8-3-6-11-8)12-10(4-5-10)7-1-2-7/h7-8,11H,1-6H2,(H,12,13)/t8-/m1/s1. The molecule has 0 aromatic heterocycles. The lowest BCUT2D eigenvalue weighted by Crippen LogP contribution is -2.56. The minimum absolute atomic E-state index is 0.122. The Hall–Kier alpha value is -0.570. The summed E-state index contributed by atoms with van der Waals surface area (Å²) < 4.78 is 0. The van der Waals surface area contributed by atoms with Crippen molar-refractivity contribution in [2.24, 2.45) is 5.92 Å². The smallest absolute Gasteiger partial charge is 0.237 e. The Bertz CT molecular complexity index is 239. The predicted molar refractivity (Wildman–Crippen MR) is 49.2 cm³/mol. The van der Waals surface area contributed by atoms with Crippen LogP contribution in [0.25, 0.3) is 0 Å². The van der Waals surface area contributed by atoms with Crippen LogP contribution in [0.15, 0.2) is 0 Å². The van der Waals surface area contributed by atoms with Gasteiger partial charge in [-0.3, -0.25) is 4.79 Å². The van der Waals surface area contributed by atoms with Gasteiger partial charge < -0.3 is 10.6 Å². The van der Waals surface area contributed by atoms with Crippen LogP contribution < -0.4 is 10.6 Å². The fraction of sp³-hybridized carbons (Fsp3) is 0.900. The second-order valence-electron chi connectivity index (χ2n) is 4.72. The van der Waals surface area contributed by atoms with Crippen molar-refractivity contribution in [3.63, 3.8) is 0 Å². The van der Waals surface area contributed by atoms with Gasteiger partial charge >= 0.3 is 0 Å². The van der Waals surface area contributed by atoms with Crippen molar-refractivity contribution < 1.29 is 4.79 Å². The summed E-state index contributed by atoms with van der Waals surface area (Å²) in [5.41, 5.74) is 0.258. The summed E-state index contributed by atoms with van der Waals surface area (Å²) in [4.78, 5) is 11.6. The van der Waals surface area contributed by atoms with Crippen LogP contribution in [0.4, 0.5) is 0 Å². The van der Waals surface area contributed by atoms with Gasteiger partial charge in [0.2, 0.25) is 5.91 Å². The van der Waals surface area contributed by atoms with E-state index in [1.54, 1.807) is 0 Å². The lowest BCUT2D eigenvalue weighted by Gasteiger charge is -2.29. The van der Waals surface area contributed by atoms with E-state index in [2.05, 4.69) is 10.6 Å². The third kappa shape index (κ3) is 1.26. The van der Waals surface area contributed by atoms with Crippen LogP contribution in [0.2, 0.25) is 0 Å². The second-order valence-corrected chi connectivity index (χ2v) is 4.72. The van der Waals surface area contributed by atoms with Crippen molar-refractivity contribution >= 4 is 5.91 Å². The average Bonchev–Trinajstić information content (AvgIpc) is 2.76. The van der Waals surface area contributed by atoms with Crippen LogP contribution in [-0.4, -0.2) is 24.0 Å². The molecule has 3 heteroatoms. The molecule has 1 amide bonds. The predicted octanol–water partition coefficient (Wildman–Crippen LogP) is 0.407. The third-order valence-electron chi connectivity index (χ3n) is 3.66. The molecule has 3 aliphatic rings. The van der Waals surface area contributed by atoms with E-state index in [0.717, 1.165) is 18.9 Å². The summed E-state index contributed by atoms with van der Waals surface area (Å²) in [5, 5.41) is 6.37. The second kappa shape index (κ2) is 2.47. The van der Waals surface area contributed by atoms with E-state index >= 15 is 0 Å². The molecule has 0 aromatic carbocycles. The van der Waals surface area contributed by atoms with Crippen molar-refractivity contribution in [2.75, 3.05) is 6.54 Å². The molecule has 72 valence electrons. The minimum atomic E-state index is 0.122. The highest BCUT2D eigenvalue weighted by Crippen LogP contribution is 2.53. The topological polar surface area (TPSA) is 41.1 Å². The molecule has 3 fully saturated rings. The van der Waals surface area contributed by atoms with Gasteiger partial charge in [0.05, 0.1) is 6.04 Å². The number of rotatable bonds is 3. The van der Waals surface area contributed by atoms with E-state index in [9.17, 15) is 4.79 Å². The molecule has 1 atom stereocenters. The molecule has 0 aromatic rings. The largest absolute Gasteiger partial charge is 0.349 e. The summed E-state index contributed by atoms with van der Waals surface area (Å²) in [6, 6.07) is 0.122. The zero-order valence-electron chi connectivity index (χ0n) is 7.81. The molecule has 13 heavy (non-hydrogen) atoms. The number of carbonyl (C=O) groups excluding carboxylic acids is 1. The Kier molecular flexibility index (Phi) is 1.48. The van der Waals surface area contributed by atoms with Gasteiger partial charge in [-0.25, -0.2) is 0 Å². The number of hydrogen-bond acceptors (Lipinski definition) is 2. The molecule has 0 unspecified atom stereocenters. The van der Waals surface area contributed by atoms with Gasteiger partial charge in [-0.15, -0.1) is 0 Å². The van der Waals surface area contributed by atoms with E-state index in [1.165, 1.54) is 25.7 Å². The van der Waals surface area contributed by atoms with E-state index in [0.29, 0.717) is 0 Å². The molecule has 0 spiro atoms. The molecular weight excluding hydrogens is 164 g/mol. The van der Waals surface area contributed by atoms with Crippen LogP contribution in [0, 0.1) is 5.92 Å². The number of hydrogen-bond donors (Lipinski definition) is 2. The lowest BCUT2D eigenvalue weighted by molar-refractivity contribution is -0.125. The molecule has 0 radical (unpaired) electrons. The molecule has 1 aliphatic heterocycles. The van der Waals surface area contributed by atoms with E-state index in [1.807, 2.05) is 0 Å². The van der Waals surface area contributed by atoms with Gasteiger partial charge in [0.25, 0.3) is 0 Å². The third-order valence-corrected chi connectivity index (χ3v) is 3.66. The van der Waals surface area contributed by atoms with Crippen molar-refractivity contribution in [1.82, 2.24) is 10.6 Å².